The van der Waals surface area contributed by atoms with Crippen molar-refractivity contribution in [3.05, 3.63) is 18.2 Å². The highest BCUT2D eigenvalue weighted by Crippen LogP contribution is 2.30. The van der Waals surface area contributed by atoms with Crippen molar-refractivity contribution in [1.82, 2.24) is 4.90 Å². The van der Waals surface area contributed by atoms with Gasteiger partial charge in [0.2, 0.25) is 11.8 Å². The highest BCUT2D eigenvalue weighted by Gasteiger charge is 2.33. The Morgan fingerprint density at radius 1 is 1.30 bits per heavy atom. The first-order valence-corrected chi connectivity index (χ1v) is 7.89. The second-order valence-corrected chi connectivity index (χ2v) is 5.65. The number of likely N-dealkylation sites (tertiary alicyclic amines) is 1. The zero-order valence-corrected chi connectivity index (χ0v) is 13.9. The molecule has 1 atom stereocenters. The van der Waals surface area contributed by atoms with Gasteiger partial charge >= 0.3 is 0 Å². The molecule has 1 saturated heterocycles. The van der Waals surface area contributed by atoms with E-state index >= 15 is 0 Å². The van der Waals surface area contributed by atoms with Crippen molar-refractivity contribution >= 4 is 17.5 Å². The zero-order chi connectivity index (χ0) is 16.8. The minimum atomic E-state index is -0.299. The Hall–Kier alpha value is -2.24. The Balaban J connectivity index is 1.98. The minimum Gasteiger partial charge on any atom is -0.493 e. The molecule has 0 aromatic heterocycles. The number of ether oxygens (including phenoxy) is 2. The lowest BCUT2D eigenvalue weighted by Crippen LogP contribution is -2.29. The number of hydrogen-bond donors (Lipinski definition) is 1. The van der Waals surface area contributed by atoms with Crippen LogP contribution in [0.4, 0.5) is 5.69 Å². The molecule has 2 rings (SSSR count). The number of rotatable bonds is 7. The van der Waals surface area contributed by atoms with Gasteiger partial charge in [-0.1, -0.05) is 13.3 Å². The van der Waals surface area contributed by atoms with Crippen molar-refractivity contribution in [2.75, 3.05) is 32.6 Å². The Bertz CT molecular complexity index is 574. The van der Waals surface area contributed by atoms with E-state index in [0.717, 1.165) is 19.4 Å². The topological polar surface area (TPSA) is 67.9 Å². The molecule has 0 spiro atoms. The van der Waals surface area contributed by atoms with Gasteiger partial charge in [-0.3, -0.25) is 9.59 Å². The molecule has 6 nitrogen and oxygen atoms in total. The Morgan fingerprint density at radius 3 is 2.70 bits per heavy atom. The molecule has 1 aliphatic rings. The maximum atomic E-state index is 12.4. The predicted molar refractivity (Wildman–Crippen MR) is 87.8 cm³/mol. The number of amides is 2. The highest BCUT2D eigenvalue weighted by molar-refractivity contribution is 5.97. The molecule has 1 aromatic carbocycles. The smallest absolute Gasteiger partial charge is 0.229 e. The number of hydrogen-bond acceptors (Lipinski definition) is 4. The number of nitrogens with one attached hydrogen (secondary N) is 1. The van der Waals surface area contributed by atoms with Gasteiger partial charge in [0.05, 0.1) is 20.1 Å². The van der Waals surface area contributed by atoms with E-state index in [1.54, 1.807) is 37.3 Å². The summed E-state index contributed by atoms with van der Waals surface area (Å²) in [4.78, 5) is 26.1. The van der Waals surface area contributed by atoms with Crippen molar-refractivity contribution < 1.29 is 19.1 Å². The second-order valence-electron chi connectivity index (χ2n) is 5.65. The van der Waals surface area contributed by atoms with Gasteiger partial charge in [-0.2, -0.15) is 0 Å². The van der Waals surface area contributed by atoms with Crippen LogP contribution in [0.5, 0.6) is 11.5 Å². The molecule has 0 bridgehead atoms. The Labute approximate surface area is 136 Å². The fourth-order valence-corrected chi connectivity index (χ4v) is 2.67. The summed E-state index contributed by atoms with van der Waals surface area (Å²) in [5.41, 5.74) is 0.632. The summed E-state index contributed by atoms with van der Waals surface area (Å²) >= 11 is 0. The molecule has 1 unspecified atom stereocenters. The Kier molecular flexibility index (Phi) is 5.84. The quantitative estimate of drug-likeness (QED) is 0.837. The third-order valence-corrected chi connectivity index (χ3v) is 4.02. The molecule has 2 amide bonds. The van der Waals surface area contributed by atoms with Crippen LogP contribution in [0.3, 0.4) is 0 Å². The summed E-state index contributed by atoms with van der Waals surface area (Å²) in [5.74, 6) is 0.785. The molecule has 1 fully saturated rings. The maximum Gasteiger partial charge on any atom is 0.229 e. The third kappa shape index (κ3) is 4.15. The average molecular weight is 320 g/mol. The van der Waals surface area contributed by atoms with E-state index in [4.69, 9.17) is 9.47 Å². The van der Waals surface area contributed by atoms with Crippen molar-refractivity contribution in [2.24, 2.45) is 5.92 Å². The lowest BCUT2D eigenvalue weighted by Gasteiger charge is -2.16. The number of unbranched alkanes of at least 4 members (excludes halogenated alkanes) is 1. The number of nitrogens with zero attached hydrogens (tertiary/aromatic N) is 1. The van der Waals surface area contributed by atoms with E-state index in [1.165, 1.54) is 0 Å². The molecule has 0 saturated carbocycles. The van der Waals surface area contributed by atoms with Crippen LogP contribution in [-0.4, -0.2) is 44.0 Å². The summed E-state index contributed by atoms with van der Waals surface area (Å²) in [5, 5.41) is 2.85. The number of benzene rings is 1. The molecular weight excluding hydrogens is 296 g/mol. The molecule has 1 heterocycles. The molecule has 23 heavy (non-hydrogen) atoms. The van der Waals surface area contributed by atoms with Gasteiger partial charge in [0.15, 0.2) is 11.5 Å². The van der Waals surface area contributed by atoms with Crippen LogP contribution in [-0.2, 0) is 9.59 Å². The Morgan fingerprint density at radius 2 is 2.04 bits per heavy atom. The molecule has 0 aliphatic carbocycles. The molecule has 1 aliphatic heterocycles. The van der Waals surface area contributed by atoms with E-state index in [1.807, 2.05) is 0 Å². The molecule has 1 N–H and O–H groups in total. The first-order chi connectivity index (χ1) is 11.1. The number of carbonyl (C=O) groups excluding carboxylic acids is 2. The van der Waals surface area contributed by atoms with E-state index < -0.39 is 0 Å². The normalized spacial score (nSPS) is 17.3. The first kappa shape index (κ1) is 17.1. The summed E-state index contributed by atoms with van der Waals surface area (Å²) in [7, 11) is 3.11. The lowest BCUT2D eigenvalue weighted by atomic mass is 10.1. The monoisotopic (exact) mass is 320 g/mol. The number of anilines is 1. The van der Waals surface area contributed by atoms with Crippen LogP contribution in [0.25, 0.3) is 0 Å². The average Bonchev–Trinajstić information content (AvgIpc) is 2.93. The van der Waals surface area contributed by atoms with Crippen LogP contribution in [0, 0.1) is 5.92 Å². The minimum absolute atomic E-state index is 0.0610. The van der Waals surface area contributed by atoms with Crippen LogP contribution < -0.4 is 14.8 Å². The fourth-order valence-electron chi connectivity index (χ4n) is 2.67. The highest BCUT2D eigenvalue weighted by atomic mass is 16.5. The van der Waals surface area contributed by atoms with Gasteiger partial charge in [0, 0.05) is 31.3 Å². The van der Waals surface area contributed by atoms with Crippen molar-refractivity contribution in [3.8, 4) is 11.5 Å². The van der Waals surface area contributed by atoms with Crippen molar-refractivity contribution in [3.63, 3.8) is 0 Å². The van der Waals surface area contributed by atoms with E-state index in [-0.39, 0.29) is 24.2 Å². The largest absolute Gasteiger partial charge is 0.493 e. The van der Waals surface area contributed by atoms with Gasteiger partial charge in [0.1, 0.15) is 0 Å². The SMILES string of the molecule is CCCCN1CC(C(=O)Nc2ccc(OC)c(OC)c2)CC1=O. The van der Waals surface area contributed by atoms with Crippen LogP contribution >= 0.6 is 0 Å². The third-order valence-electron chi connectivity index (χ3n) is 4.02. The van der Waals surface area contributed by atoms with Gasteiger partial charge in [-0.05, 0) is 18.6 Å². The van der Waals surface area contributed by atoms with Crippen LogP contribution in [0.2, 0.25) is 0 Å². The molecule has 0 radical (unpaired) electrons. The van der Waals surface area contributed by atoms with E-state index in [9.17, 15) is 9.59 Å². The van der Waals surface area contributed by atoms with Crippen molar-refractivity contribution in [2.45, 2.75) is 26.2 Å². The standard InChI is InChI=1S/C17H24N2O4/c1-4-5-8-19-11-12(9-16(19)20)17(21)18-13-6-7-14(22-2)15(10-13)23-3/h6-7,10,12H,4-5,8-9,11H2,1-3H3,(H,18,21). The van der Waals surface area contributed by atoms with Crippen LogP contribution in [0.1, 0.15) is 26.2 Å². The maximum absolute atomic E-state index is 12.4. The zero-order valence-electron chi connectivity index (χ0n) is 13.9. The van der Waals surface area contributed by atoms with Crippen LogP contribution in [0.15, 0.2) is 18.2 Å². The van der Waals surface area contributed by atoms with Gasteiger partial charge in [-0.25, -0.2) is 0 Å². The predicted octanol–water partition coefficient (Wildman–Crippen LogP) is 2.29. The number of methoxy groups -OCH3 is 2. The van der Waals surface area contributed by atoms with E-state index in [2.05, 4.69) is 12.2 Å². The summed E-state index contributed by atoms with van der Waals surface area (Å²) in [6.45, 7) is 3.31. The van der Waals surface area contributed by atoms with E-state index in [0.29, 0.717) is 23.7 Å². The summed E-state index contributed by atoms with van der Waals surface area (Å²) < 4.78 is 10.4. The summed E-state index contributed by atoms with van der Waals surface area (Å²) in [6.07, 6.45) is 2.28. The lowest BCUT2D eigenvalue weighted by molar-refractivity contribution is -0.128. The molecule has 6 heteroatoms. The first-order valence-electron chi connectivity index (χ1n) is 7.89. The molecule has 1 aromatic rings. The fraction of sp³-hybridized carbons (Fsp3) is 0.529. The summed E-state index contributed by atoms with van der Waals surface area (Å²) in [6, 6.07) is 5.20. The van der Waals surface area contributed by atoms with Gasteiger partial charge < -0.3 is 19.7 Å². The number of carbonyl (C=O) groups is 2. The van der Waals surface area contributed by atoms with Crippen molar-refractivity contribution in [1.29, 1.82) is 0 Å². The second kappa shape index (κ2) is 7.85. The van der Waals surface area contributed by atoms with Gasteiger partial charge in [0.25, 0.3) is 0 Å². The molecular formula is C17H24N2O4. The molecule has 126 valence electrons. The van der Waals surface area contributed by atoms with Gasteiger partial charge in [-0.15, -0.1) is 0 Å².